The van der Waals surface area contributed by atoms with Crippen molar-refractivity contribution < 1.29 is 9.52 Å². The van der Waals surface area contributed by atoms with Crippen molar-refractivity contribution in [1.82, 2.24) is 4.98 Å². The zero-order valence-corrected chi connectivity index (χ0v) is 7.75. The fourth-order valence-electron chi connectivity index (χ4n) is 1.27. The summed E-state index contributed by atoms with van der Waals surface area (Å²) in [5.74, 6) is 0. The molecular weight excluding hydrogens is 190 g/mol. The predicted molar refractivity (Wildman–Crippen MR) is 49.7 cm³/mol. The van der Waals surface area contributed by atoms with Crippen LogP contribution >= 0.6 is 11.6 Å². The highest BCUT2D eigenvalue weighted by molar-refractivity contribution is 6.31. The average Bonchev–Trinajstić information content (AvgIpc) is 2.49. The molecule has 0 aliphatic carbocycles. The van der Waals surface area contributed by atoms with Gasteiger partial charge in [-0.25, -0.2) is 4.98 Å². The lowest BCUT2D eigenvalue weighted by Gasteiger charge is -2.04. The Morgan fingerprint density at radius 1 is 1.54 bits per heavy atom. The Balaban J connectivity index is 2.77. The van der Waals surface area contributed by atoms with Crippen LogP contribution in [0.4, 0.5) is 0 Å². The third-order valence-corrected chi connectivity index (χ3v) is 2.09. The zero-order chi connectivity index (χ0) is 9.42. The van der Waals surface area contributed by atoms with E-state index in [-0.39, 0.29) is 0 Å². The molecule has 1 heterocycles. The van der Waals surface area contributed by atoms with Gasteiger partial charge in [-0.05, 0) is 19.1 Å². The number of hydrogen-bond acceptors (Lipinski definition) is 3. The van der Waals surface area contributed by atoms with E-state index < -0.39 is 6.10 Å². The Morgan fingerprint density at radius 3 is 3.00 bits per heavy atom. The van der Waals surface area contributed by atoms with Gasteiger partial charge in [0.05, 0.1) is 6.10 Å². The number of aromatic nitrogens is 1. The minimum Gasteiger partial charge on any atom is -0.443 e. The summed E-state index contributed by atoms with van der Waals surface area (Å²) in [4.78, 5) is 3.96. The summed E-state index contributed by atoms with van der Waals surface area (Å²) >= 11 is 5.83. The summed E-state index contributed by atoms with van der Waals surface area (Å²) in [6, 6.07) is 3.38. The van der Waals surface area contributed by atoms with Gasteiger partial charge in [0.25, 0.3) is 0 Å². The van der Waals surface area contributed by atoms with Crippen LogP contribution in [0.25, 0.3) is 11.1 Å². The van der Waals surface area contributed by atoms with E-state index in [1.165, 1.54) is 6.39 Å². The van der Waals surface area contributed by atoms with Gasteiger partial charge in [0.15, 0.2) is 12.0 Å². The molecule has 13 heavy (non-hydrogen) atoms. The van der Waals surface area contributed by atoms with Gasteiger partial charge in [0, 0.05) is 10.6 Å². The standard InChI is InChI=1S/C9H8ClNO2/c1-5(12)7-2-6(10)3-8-9(7)13-4-11-8/h2-5,12H,1H3. The van der Waals surface area contributed by atoms with Crippen LogP contribution in [0.15, 0.2) is 22.9 Å². The largest absolute Gasteiger partial charge is 0.443 e. The van der Waals surface area contributed by atoms with Crippen molar-refractivity contribution in [2.75, 3.05) is 0 Å². The molecule has 0 fully saturated rings. The predicted octanol–water partition coefficient (Wildman–Crippen LogP) is 2.53. The lowest BCUT2D eigenvalue weighted by Crippen LogP contribution is -1.91. The number of rotatable bonds is 1. The molecule has 1 aromatic carbocycles. The normalized spacial score (nSPS) is 13.5. The van der Waals surface area contributed by atoms with Gasteiger partial charge >= 0.3 is 0 Å². The molecule has 0 saturated carbocycles. The minimum atomic E-state index is -0.603. The van der Waals surface area contributed by atoms with Gasteiger partial charge in [-0.2, -0.15) is 0 Å². The van der Waals surface area contributed by atoms with Gasteiger partial charge in [0.1, 0.15) is 5.52 Å². The first-order valence-corrected chi connectivity index (χ1v) is 4.27. The van der Waals surface area contributed by atoms with E-state index in [2.05, 4.69) is 4.98 Å². The number of halogens is 1. The molecular formula is C9H8ClNO2. The maximum absolute atomic E-state index is 9.42. The molecule has 68 valence electrons. The first-order valence-electron chi connectivity index (χ1n) is 3.89. The summed E-state index contributed by atoms with van der Waals surface area (Å²) in [7, 11) is 0. The highest BCUT2D eigenvalue weighted by Crippen LogP contribution is 2.27. The second kappa shape index (κ2) is 3.01. The van der Waals surface area contributed by atoms with E-state index in [0.29, 0.717) is 21.7 Å². The molecule has 1 atom stereocenters. The summed E-state index contributed by atoms with van der Waals surface area (Å²) in [5, 5.41) is 9.97. The topological polar surface area (TPSA) is 46.3 Å². The molecule has 1 N–H and O–H groups in total. The molecule has 0 aliphatic rings. The number of aliphatic hydroxyl groups is 1. The summed E-state index contributed by atoms with van der Waals surface area (Å²) in [6.07, 6.45) is 0.738. The first-order chi connectivity index (χ1) is 6.18. The Kier molecular flexibility index (Phi) is 1.98. The van der Waals surface area contributed by atoms with Crippen molar-refractivity contribution in [3.63, 3.8) is 0 Å². The van der Waals surface area contributed by atoms with Gasteiger partial charge in [0.2, 0.25) is 0 Å². The Morgan fingerprint density at radius 2 is 2.31 bits per heavy atom. The van der Waals surface area contributed by atoms with E-state index in [1.807, 2.05) is 0 Å². The van der Waals surface area contributed by atoms with Crippen LogP contribution in [-0.4, -0.2) is 10.1 Å². The van der Waals surface area contributed by atoms with Crippen molar-refractivity contribution in [3.8, 4) is 0 Å². The average molecular weight is 198 g/mol. The lowest BCUT2D eigenvalue weighted by molar-refractivity contribution is 0.199. The van der Waals surface area contributed by atoms with Crippen LogP contribution in [0, 0.1) is 0 Å². The first kappa shape index (κ1) is 8.53. The van der Waals surface area contributed by atoms with E-state index in [0.717, 1.165) is 0 Å². The van der Waals surface area contributed by atoms with E-state index in [4.69, 9.17) is 16.0 Å². The molecule has 0 radical (unpaired) electrons. The number of benzene rings is 1. The van der Waals surface area contributed by atoms with Crippen LogP contribution in [0.5, 0.6) is 0 Å². The van der Waals surface area contributed by atoms with Gasteiger partial charge in [-0.3, -0.25) is 0 Å². The van der Waals surface area contributed by atoms with Crippen molar-refractivity contribution in [1.29, 1.82) is 0 Å². The third kappa shape index (κ3) is 1.41. The summed E-state index contributed by atoms with van der Waals surface area (Å²) in [6.45, 7) is 1.66. The number of oxazole rings is 1. The fraction of sp³-hybridized carbons (Fsp3) is 0.222. The fourth-order valence-corrected chi connectivity index (χ4v) is 1.49. The maximum Gasteiger partial charge on any atom is 0.181 e. The van der Waals surface area contributed by atoms with Gasteiger partial charge in [-0.1, -0.05) is 11.6 Å². The second-order valence-corrected chi connectivity index (χ2v) is 3.31. The number of fused-ring (bicyclic) bond motifs is 1. The molecule has 1 unspecified atom stereocenters. The van der Waals surface area contributed by atoms with Crippen LogP contribution in [0.2, 0.25) is 5.02 Å². The second-order valence-electron chi connectivity index (χ2n) is 2.87. The van der Waals surface area contributed by atoms with Crippen molar-refractivity contribution in [2.45, 2.75) is 13.0 Å². The van der Waals surface area contributed by atoms with E-state index in [1.54, 1.807) is 19.1 Å². The van der Waals surface area contributed by atoms with Crippen LogP contribution in [0.3, 0.4) is 0 Å². The molecule has 0 spiro atoms. The number of aliphatic hydroxyl groups excluding tert-OH is 1. The molecule has 0 bridgehead atoms. The van der Waals surface area contributed by atoms with Gasteiger partial charge < -0.3 is 9.52 Å². The minimum absolute atomic E-state index is 0.553. The molecule has 0 amide bonds. The highest BCUT2D eigenvalue weighted by atomic mass is 35.5. The lowest BCUT2D eigenvalue weighted by atomic mass is 10.1. The Bertz CT molecular complexity index is 436. The van der Waals surface area contributed by atoms with Crippen LogP contribution in [0.1, 0.15) is 18.6 Å². The van der Waals surface area contributed by atoms with Crippen molar-refractivity contribution >= 4 is 22.7 Å². The van der Waals surface area contributed by atoms with Gasteiger partial charge in [-0.15, -0.1) is 0 Å². The third-order valence-electron chi connectivity index (χ3n) is 1.88. The van der Waals surface area contributed by atoms with Crippen LogP contribution in [-0.2, 0) is 0 Å². The molecule has 4 heteroatoms. The summed E-state index contributed by atoms with van der Waals surface area (Å²) < 4.78 is 5.14. The monoisotopic (exact) mass is 197 g/mol. The molecule has 2 rings (SSSR count). The molecule has 1 aromatic heterocycles. The highest BCUT2D eigenvalue weighted by Gasteiger charge is 2.11. The van der Waals surface area contributed by atoms with Crippen LogP contribution < -0.4 is 0 Å². The quantitative estimate of drug-likeness (QED) is 0.764. The Hall–Kier alpha value is -1.06. The maximum atomic E-state index is 9.42. The zero-order valence-electron chi connectivity index (χ0n) is 6.99. The molecule has 0 saturated heterocycles. The summed E-state index contributed by atoms with van der Waals surface area (Å²) in [5.41, 5.74) is 1.93. The molecule has 0 aliphatic heterocycles. The Labute approximate surface area is 80.0 Å². The molecule has 3 nitrogen and oxygen atoms in total. The van der Waals surface area contributed by atoms with Crippen molar-refractivity contribution in [3.05, 3.63) is 29.1 Å². The smallest absolute Gasteiger partial charge is 0.181 e. The molecule has 2 aromatic rings. The van der Waals surface area contributed by atoms with Crippen molar-refractivity contribution in [2.24, 2.45) is 0 Å². The van der Waals surface area contributed by atoms with E-state index >= 15 is 0 Å². The van der Waals surface area contributed by atoms with E-state index in [9.17, 15) is 5.11 Å². The number of nitrogens with zero attached hydrogens (tertiary/aromatic N) is 1. The number of hydrogen-bond donors (Lipinski definition) is 1. The SMILES string of the molecule is CC(O)c1cc(Cl)cc2ncoc12.